The van der Waals surface area contributed by atoms with Gasteiger partial charge in [-0.15, -0.1) is 11.3 Å². The zero-order chi connectivity index (χ0) is 14.8. The third-order valence-corrected chi connectivity index (χ3v) is 5.13. The number of hydrogen-bond acceptors (Lipinski definition) is 3. The highest BCUT2D eigenvalue weighted by molar-refractivity contribution is 7.18. The molecule has 0 aliphatic carbocycles. The molecule has 0 aliphatic rings. The predicted molar refractivity (Wildman–Crippen MR) is 89.3 cm³/mol. The van der Waals surface area contributed by atoms with Crippen molar-refractivity contribution in [1.82, 2.24) is 4.98 Å². The quantitative estimate of drug-likeness (QED) is 0.877. The van der Waals surface area contributed by atoms with E-state index < -0.39 is 0 Å². The number of nitrogens with zero attached hydrogens (tertiary/aromatic N) is 1. The van der Waals surface area contributed by atoms with Gasteiger partial charge in [0.25, 0.3) is 0 Å². The van der Waals surface area contributed by atoms with E-state index in [9.17, 15) is 0 Å². The summed E-state index contributed by atoms with van der Waals surface area (Å²) < 4.78 is 1.30. The molecule has 2 N–H and O–H groups in total. The van der Waals surface area contributed by atoms with Crippen LogP contribution in [0.5, 0.6) is 0 Å². The van der Waals surface area contributed by atoms with Crippen molar-refractivity contribution >= 4 is 21.6 Å². The largest absolute Gasteiger partial charge is 0.330 e. The molecule has 1 heterocycles. The van der Waals surface area contributed by atoms with Crippen LogP contribution in [-0.4, -0.2) is 11.5 Å². The fourth-order valence-corrected chi connectivity index (χ4v) is 3.66. The SMILES string of the molecule is Cc1ccc2sc(CCC(CCN)C(C)(C)C)nc2c1. The summed E-state index contributed by atoms with van der Waals surface area (Å²) in [5.41, 5.74) is 8.52. The highest BCUT2D eigenvalue weighted by Gasteiger charge is 2.23. The van der Waals surface area contributed by atoms with E-state index in [0.717, 1.165) is 24.9 Å². The lowest BCUT2D eigenvalue weighted by Gasteiger charge is -2.30. The first-order valence-electron chi connectivity index (χ1n) is 7.46. The van der Waals surface area contributed by atoms with E-state index in [1.165, 1.54) is 21.7 Å². The van der Waals surface area contributed by atoms with Gasteiger partial charge in [-0.3, -0.25) is 0 Å². The van der Waals surface area contributed by atoms with E-state index in [4.69, 9.17) is 10.7 Å². The van der Waals surface area contributed by atoms with E-state index in [1.807, 2.05) is 11.3 Å². The molecular weight excluding hydrogens is 264 g/mol. The highest BCUT2D eigenvalue weighted by atomic mass is 32.1. The van der Waals surface area contributed by atoms with E-state index in [0.29, 0.717) is 11.3 Å². The molecule has 0 saturated heterocycles. The van der Waals surface area contributed by atoms with Crippen LogP contribution in [0.3, 0.4) is 0 Å². The van der Waals surface area contributed by atoms with Crippen molar-refractivity contribution in [2.24, 2.45) is 17.1 Å². The molecule has 2 aromatic rings. The molecular formula is C17H26N2S. The number of hydrogen-bond donors (Lipinski definition) is 1. The van der Waals surface area contributed by atoms with Gasteiger partial charge < -0.3 is 5.73 Å². The van der Waals surface area contributed by atoms with Crippen LogP contribution < -0.4 is 5.73 Å². The number of nitrogens with two attached hydrogens (primary N) is 1. The van der Waals surface area contributed by atoms with Gasteiger partial charge in [-0.25, -0.2) is 4.98 Å². The molecule has 0 saturated carbocycles. The first-order valence-corrected chi connectivity index (χ1v) is 8.28. The molecule has 0 radical (unpaired) electrons. The molecule has 0 aliphatic heterocycles. The summed E-state index contributed by atoms with van der Waals surface area (Å²) in [7, 11) is 0. The van der Waals surface area contributed by atoms with Gasteiger partial charge in [0.05, 0.1) is 15.2 Å². The maximum Gasteiger partial charge on any atom is 0.0938 e. The average Bonchev–Trinajstić information content (AvgIpc) is 2.74. The second kappa shape index (κ2) is 6.23. The molecule has 20 heavy (non-hydrogen) atoms. The van der Waals surface area contributed by atoms with Gasteiger partial charge in [0.2, 0.25) is 0 Å². The molecule has 0 amide bonds. The summed E-state index contributed by atoms with van der Waals surface area (Å²) in [6, 6.07) is 6.53. The summed E-state index contributed by atoms with van der Waals surface area (Å²) in [6.45, 7) is 9.84. The lowest BCUT2D eigenvalue weighted by atomic mass is 9.76. The molecule has 0 spiro atoms. The maximum absolute atomic E-state index is 5.76. The molecule has 0 fully saturated rings. The topological polar surface area (TPSA) is 38.9 Å². The number of aromatic nitrogens is 1. The van der Waals surface area contributed by atoms with Gasteiger partial charge in [-0.1, -0.05) is 26.8 Å². The number of thiazole rings is 1. The third-order valence-electron chi connectivity index (χ3n) is 4.03. The fourth-order valence-electron chi connectivity index (χ4n) is 2.70. The van der Waals surface area contributed by atoms with Gasteiger partial charge in [0.15, 0.2) is 0 Å². The Kier molecular flexibility index (Phi) is 4.82. The standard InChI is InChI=1S/C17H26N2S/c1-12-5-7-15-14(11-12)19-16(20-15)8-6-13(9-10-18)17(2,3)4/h5,7,11,13H,6,8-10,18H2,1-4H3. The van der Waals surface area contributed by atoms with E-state index in [2.05, 4.69) is 45.9 Å². The molecule has 2 rings (SSSR count). The van der Waals surface area contributed by atoms with Gasteiger partial charge >= 0.3 is 0 Å². The molecule has 1 aromatic carbocycles. The fraction of sp³-hybridized carbons (Fsp3) is 0.588. The van der Waals surface area contributed by atoms with Crippen LogP contribution in [0.2, 0.25) is 0 Å². The van der Waals surface area contributed by atoms with Gasteiger partial charge in [0, 0.05) is 0 Å². The van der Waals surface area contributed by atoms with Crippen molar-refractivity contribution in [3.05, 3.63) is 28.8 Å². The van der Waals surface area contributed by atoms with Crippen LogP contribution in [0.15, 0.2) is 18.2 Å². The molecule has 0 bridgehead atoms. The van der Waals surface area contributed by atoms with Crippen molar-refractivity contribution in [3.63, 3.8) is 0 Å². The van der Waals surface area contributed by atoms with Gasteiger partial charge in [-0.2, -0.15) is 0 Å². The summed E-state index contributed by atoms with van der Waals surface area (Å²) in [5.74, 6) is 0.668. The summed E-state index contributed by atoms with van der Waals surface area (Å²) in [4.78, 5) is 4.77. The zero-order valence-corrected chi connectivity index (χ0v) is 13.9. The second-order valence-corrected chi connectivity index (χ2v) is 7.87. The lowest BCUT2D eigenvalue weighted by Crippen LogP contribution is -2.24. The number of benzene rings is 1. The van der Waals surface area contributed by atoms with Crippen LogP contribution in [0.25, 0.3) is 10.2 Å². The Bertz CT molecular complexity index is 566. The first-order chi connectivity index (χ1) is 9.40. The van der Waals surface area contributed by atoms with Crippen molar-refractivity contribution in [2.75, 3.05) is 6.54 Å². The monoisotopic (exact) mass is 290 g/mol. The number of fused-ring (bicyclic) bond motifs is 1. The van der Waals surface area contributed by atoms with Crippen LogP contribution in [0.4, 0.5) is 0 Å². The van der Waals surface area contributed by atoms with Crippen LogP contribution >= 0.6 is 11.3 Å². The van der Waals surface area contributed by atoms with E-state index in [-0.39, 0.29) is 0 Å². The predicted octanol–water partition coefficient (Wildman–Crippen LogP) is 4.55. The number of rotatable bonds is 5. The van der Waals surface area contributed by atoms with Crippen LogP contribution in [0, 0.1) is 18.3 Å². The Morgan fingerprint density at radius 2 is 2.00 bits per heavy atom. The Hall–Kier alpha value is -0.930. The Morgan fingerprint density at radius 1 is 1.25 bits per heavy atom. The minimum absolute atomic E-state index is 0.326. The summed E-state index contributed by atoms with van der Waals surface area (Å²) in [6.07, 6.45) is 3.35. The van der Waals surface area contributed by atoms with Crippen molar-refractivity contribution < 1.29 is 0 Å². The smallest absolute Gasteiger partial charge is 0.0938 e. The minimum atomic E-state index is 0.326. The molecule has 1 atom stereocenters. The maximum atomic E-state index is 5.76. The minimum Gasteiger partial charge on any atom is -0.330 e. The Labute approximate surface area is 126 Å². The Balaban J connectivity index is 2.07. The highest BCUT2D eigenvalue weighted by Crippen LogP contribution is 2.33. The molecule has 1 unspecified atom stereocenters. The molecule has 3 heteroatoms. The average molecular weight is 290 g/mol. The second-order valence-electron chi connectivity index (χ2n) is 6.76. The molecule has 1 aromatic heterocycles. The lowest BCUT2D eigenvalue weighted by molar-refractivity contribution is 0.215. The molecule has 2 nitrogen and oxygen atoms in total. The van der Waals surface area contributed by atoms with Crippen LogP contribution in [0.1, 0.15) is 44.2 Å². The van der Waals surface area contributed by atoms with Crippen molar-refractivity contribution in [3.8, 4) is 0 Å². The van der Waals surface area contributed by atoms with Gasteiger partial charge in [0.1, 0.15) is 0 Å². The van der Waals surface area contributed by atoms with Gasteiger partial charge in [-0.05, 0) is 61.8 Å². The third kappa shape index (κ3) is 3.80. The van der Waals surface area contributed by atoms with E-state index in [1.54, 1.807) is 0 Å². The summed E-state index contributed by atoms with van der Waals surface area (Å²) >= 11 is 1.83. The number of aryl methyl sites for hydroxylation is 2. The first kappa shape index (κ1) is 15.5. The van der Waals surface area contributed by atoms with Crippen molar-refractivity contribution in [1.29, 1.82) is 0 Å². The summed E-state index contributed by atoms with van der Waals surface area (Å²) in [5, 5.41) is 1.26. The normalized spacial score (nSPS) is 13.8. The zero-order valence-electron chi connectivity index (χ0n) is 13.1. The van der Waals surface area contributed by atoms with Crippen molar-refractivity contribution in [2.45, 2.75) is 47.0 Å². The van der Waals surface area contributed by atoms with Crippen LogP contribution in [-0.2, 0) is 6.42 Å². The molecule has 110 valence electrons. The Morgan fingerprint density at radius 3 is 2.65 bits per heavy atom. The van der Waals surface area contributed by atoms with E-state index >= 15 is 0 Å².